The van der Waals surface area contributed by atoms with Gasteiger partial charge in [-0.1, -0.05) is 37.3 Å². The van der Waals surface area contributed by atoms with Crippen molar-refractivity contribution >= 4 is 29.9 Å². The Morgan fingerprint density at radius 1 is 1.24 bits per heavy atom. The highest BCUT2D eigenvalue weighted by Gasteiger charge is 2.14. The van der Waals surface area contributed by atoms with Crippen LogP contribution in [0.5, 0.6) is 0 Å². The lowest BCUT2D eigenvalue weighted by molar-refractivity contribution is 0.0168. The first kappa shape index (κ1) is 26.1. The Hall–Kier alpha value is -0.900. The van der Waals surface area contributed by atoms with E-state index in [0.717, 1.165) is 58.1 Å². The lowest BCUT2D eigenvalue weighted by atomic mass is 10.2. The molecule has 166 valence electrons. The molecular formula is C22H38IN3O3. The molecule has 2 unspecified atom stereocenters. The highest BCUT2D eigenvalue weighted by atomic mass is 127. The Morgan fingerprint density at radius 3 is 2.79 bits per heavy atom. The number of ether oxygens (including phenoxy) is 3. The van der Waals surface area contributed by atoms with Crippen LogP contribution in [0.25, 0.3) is 0 Å². The van der Waals surface area contributed by atoms with Gasteiger partial charge in [-0.2, -0.15) is 0 Å². The molecule has 1 fully saturated rings. The van der Waals surface area contributed by atoms with E-state index in [-0.39, 0.29) is 24.0 Å². The summed E-state index contributed by atoms with van der Waals surface area (Å²) in [4.78, 5) is 4.67. The lowest BCUT2D eigenvalue weighted by Crippen LogP contribution is -2.38. The van der Waals surface area contributed by atoms with Crippen molar-refractivity contribution in [1.29, 1.82) is 0 Å². The maximum Gasteiger partial charge on any atom is 0.191 e. The summed E-state index contributed by atoms with van der Waals surface area (Å²) in [7, 11) is 0. The van der Waals surface area contributed by atoms with Crippen molar-refractivity contribution in [1.82, 2.24) is 10.6 Å². The van der Waals surface area contributed by atoms with Crippen molar-refractivity contribution in [2.75, 3.05) is 46.1 Å². The zero-order valence-corrected chi connectivity index (χ0v) is 20.2. The smallest absolute Gasteiger partial charge is 0.191 e. The van der Waals surface area contributed by atoms with Crippen LogP contribution in [0.2, 0.25) is 0 Å². The Balaban J connectivity index is 0.00000420. The molecule has 0 saturated carbocycles. The summed E-state index contributed by atoms with van der Waals surface area (Å²) in [6, 6.07) is 10.3. The molecule has 2 rings (SSSR count). The maximum absolute atomic E-state index is 5.80. The van der Waals surface area contributed by atoms with Crippen LogP contribution in [0.15, 0.2) is 35.3 Å². The van der Waals surface area contributed by atoms with Crippen molar-refractivity contribution in [2.24, 2.45) is 10.9 Å². The van der Waals surface area contributed by atoms with Gasteiger partial charge in [0.05, 0.1) is 25.9 Å². The van der Waals surface area contributed by atoms with E-state index in [4.69, 9.17) is 14.2 Å². The molecule has 1 aromatic carbocycles. The average Bonchev–Trinajstić information content (AvgIpc) is 3.23. The SMILES string of the molecule is CCNC(=NCC(C)COCc1ccccc1)NCCCOCC1CCCO1.I. The summed E-state index contributed by atoms with van der Waals surface area (Å²) < 4.78 is 17.1. The Morgan fingerprint density at radius 2 is 2.07 bits per heavy atom. The maximum atomic E-state index is 5.80. The van der Waals surface area contributed by atoms with Gasteiger partial charge in [0.15, 0.2) is 5.96 Å². The lowest BCUT2D eigenvalue weighted by Gasteiger charge is -2.14. The number of hydrogen-bond acceptors (Lipinski definition) is 4. The standard InChI is InChI=1S/C22H37N3O3.HI/c1-3-23-22(24-12-8-13-26-18-21-11-7-14-28-21)25-15-19(2)16-27-17-20-9-5-4-6-10-20;/h4-6,9-10,19,21H,3,7-8,11-18H2,1-2H3,(H2,23,24,25);1H. The van der Waals surface area contributed by atoms with E-state index in [1.807, 2.05) is 18.2 Å². The van der Waals surface area contributed by atoms with Gasteiger partial charge in [0.2, 0.25) is 0 Å². The van der Waals surface area contributed by atoms with E-state index in [1.165, 1.54) is 5.56 Å². The number of aliphatic imine (C=N–C) groups is 1. The van der Waals surface area contributed by atoms with E-state index in [2.05, 4.69) is 41.6 Å². The second kappa shape index (κ2) is 16.8. The number of nitrogens with zero attached hydrogens (tertiary/aromatic N) is 1. The van der Waals surface area contributed by atoms with Gasteiger partial charge in [-0.25, -0.2) is 0 Å². The zero-order valence-electron chi connectivity index (χ0n) is 17.9. The second-order valence-corrected chi connectivity index (χ2v) is 7.32. The molecule has 0 bridgehead atoms. The molecule has 0 aromatic heterocycles. The number of rotatable bonds is 13. The molecule has 0 amide bonds. The Bertz CT molecular complexity index is 539. The van der Waals surface area contributed by atoms with Crippen molar-refractivity contribution in [2.45, 2.75) is 45.8 Å². The van der Waals surface area contributed by atoms with E-state index >= 15 is 0 Å². The van der Waals surface area contributed by atoms with Gasteiger partial charge in [-0.15, -0.1) is 24.0 Å². The third-order valence-electron chi connectivity index (χ3n) is 4.50. The van der Waals surface area contributed by atoms with E-state index < -0.39 is 0 Å². The van der Waals surface area contributed by atoms with Crippen LogP contribution in [-0.4, -0.2) is 58.1 Å². The van der Waals surface area contributed by atoms with Crippen LogP contribution in [0.4, 0.5) is 0 Å². The van der Waals surface area contributed by atoms with Crippen LogP contribution >= 0.6 is 24.0 Å². The fraction of sp³-hybridized carbons (Fsp3) is 0.682. The molecule has 1 aromatic rings. The van der Waals surface area contributed by atoms with Crippen molar-refractivity contribution in [3.63, 3.8) is 0 Å². The summed E-state index contributed by atoms with van der Waals surface area (Å²) in [5, 5.41) is 6.67. The number of halogens is 1. The van der Waals surface area contributed by atoms with Crippen LogP contribution in [0.1, 0.15) is 38.7 Å². The largest absolute Gasteiger partial charge is 0.379 e. The molecule has 1 aliphatic heterocycles. The molecular weight excluding hydrogens is 481 g/mol. The molecule has 7 heteroatoms. The second-order valence-electron chi connectivity index (χ2n) is 7.32. The van der Waals surface area contributed by atoms with Crippen LogP contribution in [0, 0.1) is 5.92 Å². The third-order valence-corrected chi connectivity index (χ3v) is 4.50. The van der Waals surface area contributed by atoms with Gasteiger partial charge in [0.1, 0.15) is 0 Å². The van der Waals surface area contributed by atoms with E-state index in [1.54, 1.807) is 0 Å². The molecule has 0 spiro atoms. The van der Waals surface area contributed by atoms with Gasteiger partial charge in [0.25, 0.3) is 0 Å². The third kappa shape index (κ3) is 12.4. The monoisotopic (exact) mass is 519 g/mol. The van der Waals surface area contributed by atoms with E-state index in [0.29, 0.717) is 31.8 Å². The molecule has 29 heavy (non-hydrogen) atoms. The predicted molar refractivity (Wildman–Crippen MR) is 129 cm³/mol. The summed E-state index contributed by atoms with van der Waals surface area (Å²) in [5.41, 5.74) is 1.20. The normalized spacial score (nSPS) is 17.6. The summed E-state index contributed by atoms with van der Waals surface area (Å²) >= 11 is 0. The number of nitrogens with one attached hydrogen (secondary N) is 2. The Kier molecular flexibility index (Phi) is 15.2. The number of guanidine groups is 1. The van der Waals surface area contributed by atoms with Crippen LogP contribution < -0.4 is 10.6 Å². The van der Waals surface area contributed by atoms with Gasteiger partial charge >= 0.3 is 0 Å². The molecule has 0 aliphatic carbocycles. The van der Waals surface area contributed by atoms with Gasteiger partial charge in [-0.05, 0) is 37.7 Å². The van der Waals surface area contributed by atoms with E-state index in [9.17, 15) is 0 Å². The van der Waals surface area contributed by atoms with Crippen LogP contribution in [-0.2, 0) is 20.8 Å². The van der Waals surface area contributed by atoms with Gasteiger partial charge in [-0.3, -0.25) is 4.99 Å². The fourth-order valence-electron chi connectivity index (χ4n) is 2.97. The van der Waals surface area contributed by atoms with Crippen LogP contribution in [0.3, 0.4) is 0 Å². The summed E-state index contributed by atoms with van der Waals surface area (Å²) in [5.74, 6) is 1.23. The molecule has 1 aliphatic rings. The zero-order chi connectivity index (χ0) is 19.9. The molecule has 2 N–H and O–H groups in total. The topological polar surface area (TPSA) is 64.1 Å². The highest BCUT2D eigenvalue weighted by molar-refractivity contribution is 14.0. The molecule has 2 atom stereocenters. The van der Waals surface area contributed by atoms with Crippen molar-refractivity contribution in [3.8, 4) is 0 Å². The fourth-order valence-corrected chi connectivity index (χ4v) is 2.97. The minimum absolute atomic E-state index is 0. The first-order chi connectivity index (χ1) is 13.8. The average molecular weight is 519 g/mol. The summed E-state index contributed by atoms with van der Waals surface area (Å²) in [6.07, 6.45) is 3.54. The first-order valence-corrected chi connectivity index (χ1v) is 10.6. The molecule has 1 saturated heterocycles. The van der Waals surface area contributed by atoms with Crippen molar-refractivity contribution < 1.29 is 14.2 Å². The minimum atomic E-state index is 0. The summed E-state index contributed by atoms with van der Waals surface area (Å²) in [6.45, 7) is 10.4. The number of hydrogen-bond donors (Lipinski definition) is 2. The van der Waals surface area contributed by atoms with Gasteiger partial charge < -0.3 is 24.8 Å². The highest BCUT2D eigenvalue weighted by Crippen LogP contribution is 2.11. The molecule has 1 heterocycles. The first-order valence-electron chi connectivity index (χ1n) is 10.6. The van der Waals surface area contributed by atoms with Gasteiger partial charge in [0, 0.05) is 32.8 Å². The molecule has 0 radical (unpaired) electrons. The molecule has 6 nitrogen and oxygen atoms in total. The number of benzene rings is 1. The minimum Gasteiger partial charge on any atom is -0.379 e. The predicted octanol–water partition coefficient (Wildman–Crippen LogP) is 3.60. The van der Waals surface area contributed by atoms with Crippen molar-refractivity contribution in [3.05, 3.63) is 35.9 Å². The quantitative estimate of drug-likeness (QED) is 0.181. The Labute approximate surface area is 193 Å².